The topological polar surface area (TPSA) is 76.1 Å². The van der Waals surface area contributed by atoms with Crippen LogP contribution in [0.4, 0.5) is 9.59 Å². The number of carboxylic acid groups (broad SMARTS) is 1. The maximum Gasteiger partial charge on any atom is 0.407 e. The van der Waals surface area contributed by atoms with Gasteiger partial charge >= 0.3 is 11.5 Å². The maximum atomic E-state index is 10.7. The molecule has 0 aromatic carbocycles. The van der Waals surface area contributed by atoms with Crippen molar-refractivity contribution in [2.45, 2.75) is 6.04 Å². The molecule has 1 saturated heterocycles. The average Bonchev–Trinajstić information content (AvgIpc) is 2.15. The van der Waals surface area contributed by atoms with Crippen LogP contribution in [0, 0.1) is 0 Å². The number of hydrogen-bond acceptors (Lipinski definition) is 4. The Morgan fingerprint density at radius 3 is 2.93 bits per heavy atom. The normalized spacial score (nSPS) is 21.8. The van der Waals surface area contributed by atoms with E-state index >= 15 is 0 Å². The Kier molecular flexibility index (Phi) is 3.97. The Morgan fingerprint density at radius 1 is 1.64 bits per heavy atom. The van der Waals surface area contributed by atoms with Crippen LogP contribution in [0.15, 0.2) is 0 Å². The largest absolute Gasteiger partial charge is 0.465 e. The van der Waals surface area contributed by atoms with Crippen LogP contribution in [0.3, 0.4) is 0 Å². The summed E-state index contributed by atoms with van der Waals surface area (Å²) in [6, 6.07) is -0.469. The highest BCUT2D eigenvalue weighted by Gasteiger charge is 2.27. The summed E-state index contributed by atoms with van der Waals surface area (Å²) in [7, 11) is 0. The molecular formula is C7H10ClNO5. The standard InChI is InChI=1S/C7H10ClNO5/c8-6(10)14-4-5-3-13-2-1-9(5)7(11)12/h5H,1-4H2,(H,11,12)/t5-/m1/s1. The van der Waals surface area contributed by atoms with Crippen LogP contribution in [0.1, 0.15) is 0 Å². The molecule has 1 aliphatic heterocycles. The Labute approximate surface area is 85.3 Å². The fraction of sp³-hybridized carbons (Fsp3) is 0.714. The zero-order chi connectivity index (χ0) is 10.6. The molecule has 80 valence electrons. The van der Waals surface area contributed by atoms with Gasteiger partial charge in [-0.2, -0.15) is 0 Å². The second-order valence-electron chi connectivity index (χ2n) is 2.75. The predicted molar refractivity (Wildman–Crippen MR) is 46.5 cm³/mol. The van der Waals surface area contributed by atoms with Crippen LogP contribution < -0.4 is 0 Å². The molecule has 0 spiro atoms. The number of morpholine rings is 1. The van der Waals surface area contributed by atoms with Crippen molar-refractivity contribution in [3.05, 3.63) is 0 Å². The predicted octanol–water partition coefficient (Wildman–Crippen LogP) is 0.741. The molecule has 1 amide bonds. The van der Waals surface area contributed by atoms with Gasteiger partial charge in [0.15, 0.2) is 0 Å². The van der Waals surface area contributed by atoms with E-state index in [9.17, 15) is 9.59 Å². The summed E-state index contributed by atoms with van der Waals surface area (Å²) < 4.78 is 9.56. The molecule has 0 aromatic rings. The first-order valence-electron chi connectivity index (χ1n) is 4.01. The number of amides is 1. The lowest BCUT2D eigenvalue weighted by molar-refractivity contribution is -0.0193. The number of carbonyl (C=O) groups excluding carboxylic acids is 1. The highest BCUT2D eigenvalue weighted by atomic mass is 35.5. The zero-order valence-electron chi connectivity index (χ0n) is 7.31. The quantitative estimate of drug-likeness (QED) is 0.699. The number of carbonyl (C=O) groups is 2. The summed E-state index contributed by atoms with van der Waals surface area (Å²) in [6.07, 6.45) is -1.05. The van der Waals surface area contributed by atoms with Crippen LogP contribution in [0.2, 0.25) is 0 Å². The van der Waals surface area contributed by atoms with Gasteiger partial charge in [0.2, 0.25) is 0 Å². The van der Waals surface area contributed by atoms with Gasteiger partial charge in [0, 0.05) is 18.1 Å². The van der Waals surface area contributed by atoms with Gasteiger partial charge in [-0.1, -0.05) is 0 Å². The zero-order valence-corrected chi connectivity index (χ0v) is 8.07. The average molecular weight is 224 g/mol. The van der Waals surface area contributed by atoms with Gasteiger partial charge in [-0.15, -0.1) is 0 Å². The molecule has 14 heavy (non-hydrogen) atoms. The van der Waals surface area contributed by atoms with Crippen molar-refractivity contribution in [2.75, 3.05) is 26.4 Å². The van der Waals surface area contributed by atoms with Crippen LogP contribution in [-0.4, -0.2) is 53.9 Å². The third-order valence-electron chi connectivity index (χ3n) is 1.86. The van der Waals surface area contributed by atoms with Gasteiger partial charge in [0.25, 0.3) is 0 Å². The molecule has 1 N–H and O–H groups in total. The molecule has 0 bridgehead atoms. The third kappa shape index (κ3) is 3.04. The first-order chi connectivity index (χ1) is 6.61. The van der Waals surface area contributed by atoms with E-state index in [2.05, 4.69) is 4.74 Å². The van der Waals surface area contributed by atoms with Crippen molar-refractivity contribution in [2.24, 2.45) is 0 Å². The first kappa shape index (κ1) is 11.1. The second-order valence-corrected chi connectivity index (χ2v) is 3.06. The lowest BCUT2D eigenvalue weighted by Crippen LogP contribution is -2.50. The van der Waals surface area contributed by atoms with Crippen LogP contribution in [-0.2, 0) is 9.47 Å². The molecule has 1 fully saturated rings. The van der Waals surface area contributed by atoms with Crippen LogP contribution >= 0.6 is 11.6 Å². The molecule has 6 nitrogen and oxygen atoms in total. The van der Waals surface area contributed by atoms with E-state index in [1.165, 1.54) is 4.90 Å². The molecule has 0 aliphatic carbocycles. The number of halogens is 1. The van der Waals surface area contributed by atoms with E-state index in [1.807, 2.05) is 0 Å². The molecule has 7 heteroatoms. The Hall–Kier alpha value is -1.01. The van der Waals surface area contributed by atoms with Crippen molar-refractivity contribution in [3.8, 4) is 0 Å². The third-order valence-corrected chi connectivity index (χ3v) is 1.97. The Bertz CT molecular complexity index is 234. The first-order valence-corrected chi connectivity index (χ1v) is 4.38. The lowest BCUT2D eigenvalue weighted by atomic mass is 10.2. The van der Waals surface area contributed by atoms with Gasteiger partial charge in [0.1, 0.15) is 6.61 Å². The summed E-state index contributed by atoms with van der Waals surface area (Å²) in [5.74, 6) is 0. The number of ether oxygens (including phenoxy) is 2. The van der Waals surface area contributed by atoms with Crippen molar-refractivity contribution in [3.63, 3.8) is 0 Å². The van der Waals surface area contributed by atoms with E-state index in [0.717, 1.165) is 0 Å². The SMILES string of the molecule is O=C(Cl)OC[C@H]1COCCN1C(=O)O. The smallest absolute Gasteiger partial charge is 0.407 e. The number of hydrogen-bond donors (Lipinski definition) is 1. The minimum atomic E-state index is -1.05. The fourth-order valence-corrected chi connectivity index (χ4v) is 1.27. The second kappa shape index (κ2) is 5.02. The van der Waals surface area contributed by atoms with Gasteiger partial charge in [0.05, 0.1) is 19.3 Å². The number of nitrogens with zero attached hydrogens (tertiary/aromatic N) is 1. The van der Waals surface area contributed by atoms with E-state index in [1.54, 1.807) is 0 Å². The molecule has 1 heterocycles. The van der Waals surface area contributed by atoms with E-state index in [0.29, 0.717) is 6.61 Å². The molecule has 0 aromatic heterocycles. The van der Waals surface area contributed by atoms with Crippen molar-refractivity contribution in [1.29, 1.82) is 0 Å². The summed E-state index contributed by atoms with van der Waals surface area (Å²) >= 11 is 4.96. The summed E-state index contributed by atoms with van der Waals surface area (Å²) in [4.78, 5) is 22.2. The molecule has 0 unspecified atom stereocenters. The van der Waals surface area contributed by atoms with E-state index in [-0.39, 0.29) is 19.8 Å². The highest BCUT2D eigenvalue weighted by Crippen LogP contribution is 2.08. The minimum absolute atomic E-state index is 0.0748. The number of rotatable bonds is 2. The maximum absolute atomic E-state index is 10.7. The van der Waals surface area contributed by atoms with Crippen molar-refractivity contribution >= 4 is 23.1 Å². The van der Waals surface area contributed by atoms with E-state index in [4.69, 9.17) is 21.4 Å². The molecule has 1 atom stereocenters. The minimum Gasteiger partial charge on any atom is -0.465 e. The van der Waals surface area contributed by atoms with Crippen molar-refractivity contribution in [1.82, 2.24) is 4.90 Å². The summed E-state index contributed by atoms with van der Waals surface area (Å²) in [5, 5.41) is 8.77. The molecule has 1 aliphatic rings. The molecule has 0 saturated carbocycles. The summed E-state index contributed by atoms with van der Waals surface area (Å²) in [5.41, 5.74) is -0.944. The molecular weight excluding hydrogens is 214 g/mol. The molecule has 0 radical (unpaired) electrons. The van der Waals surface area contributed by atoms with Crippen LogP contribution in [0.5, 0.6) is 0 Å². The lowest BCUT2D eigenvalue weighted by Gasteiger charge is -2.32. The molecule has 1 rings (SSSR count). The summed E-state index contributed by atoms with van der Waals surface area (Å²) in [6.45, 7) is 0.780. The van der Waals surface area contributed by atoms with Crippen LogP contribution in [0.25, 0.3) is 0 Å². The highest BCUT2D eigenvalue weighted by molar-refractivity contribution is 6.61. The van der Waals surface area contributed by atoms with Gasteiger partial charge < -0.3 is 14.6 Å². The van der Waals surface area contributed by atoms with Crippen molar-refractivity contribution < 1.29 is 24.2 Å². The van der Waals surface area contributed by atoms with Gasteiger partial charge in [-0.05, 0) is 0 Å². The Balaban J connectivity index is 2.45. The monoisotopic (exact) mass is 223 g/mol. The van der Waals surface area contributed by atoms with Gasteiger partial charge in [-0.3, -0.25) is 4.90 Å². The van der Waals surface area contributed by atoms with E-state index < -0.39 is 17.6 Å². The fourth-order valence-electron chi connectivity index (χ4n) is 1.21. The van der Waals surface area contributed by atoms with Gasteiger partial charge in [-0.25, -0.2) is 9.59 Å². The Morgan fingerprint density at radius 2 is 2.36 bits per heavy atom.